The fourth-order valence-corrected chi connectivity index (χ4v) is 3.95. The Morgan fingerprint density at radius 1 is 1.55 bits per heavy atom. The van der Waals surface area contributed by atoms with Crippen molar-refractivity contribution in [2.75, 3.05) is 13.3 Å². The summed E-state index contributed by atoms with van der Waals surface area (Å²) < 4.78 is 15.7. The number of rotatable bonds is 4. The third kappa shape index (κ3) is 3.22. The van der Waals surface area contributed by atoms with Crippen LogP contribution in [0.2, 0.25) is 0 Å². The van der Waals surface area contributed by atoms with Crippen LogP contribution < -0.4 is 11.2 Å². The summed E-state index contributed by atoms with van der Waals surface area (Å²) >= 11 is 0. The van der Waals surface area contributed by atoms with Gasteiger partial charge in [-0.15, -0.1) is 0 Å². The lowest BCUT2D eigenvalue weighted by atomic mass is 9.94. The molecule has 6 atom stereocenters. The van der Waals surface area contributed by atoms with E-state index in [9.17, 15) is 25.1 Å². The lowest BCUT2D eigenvalue weighted by Crippen LogP contribution is -2.54. The second-order valence-corrected chi connectivity index (χ2v) is 7.27. The molecule has 1 unspecified atom stereocenters. The number of nitrogens with one attached hydrogen (secondary N) is 1. The second-order valence-electron chi connectivity index (χ2n) is 7.27. The number of carbonyl (C=O) groups is 2. The highest BCUT2D eigenvalue weighted by Gasteiger charge is 2.59. The number of aliphatic hydroxyl groups is 2. The van der Waals surface area contributed by atoms with Crippen LogP contribution in [0.25, 0.3) is 0 Å². The standard InChI is InChI=1S/C17H21N5O7/c18-5-17(6-27-16(26)10-3-4-11(23)28-10)14(25)12(24)13(29-17)8-1-2-9-15(19)20-7-21-22(8)9/h2,8,10,12-14,21,24-25H,1,3-4,6-7H2,(H2,19,20)/t8?,10-,12+,13+,14+,17-/m1/s1. The van der Waals surface area contributed by atoms with Crippen molar-refractivity contribution in [1.29, 1.82) is 5.26 Å². The fraction of sp³-hybridized carbons (Fsp3) is 0.647. The molecule has 4 heterocycles. The molecule has 4 aliphatic rings. The van der Waals surface area contributed by atoms with Gasteiger partial charge in [-0.2, -0.15) is 5.26 Å². The maximum Gasteiger partial charge on any atom is 0.347 e. The molecular formula is C17H21N5O7. The van der Waals surface area contributed by atoms with E-state index >= 15 is 0 Å². The molecule has 0 amide bonds. The van der Waals surface area contributed by atoms with Gasteiger partial charge < -0.3 is 30.2 Å². The Morgan fingerprint density at radius 3 is 3.03 bits per heavy atom. The Labute approximate surface area is 165 Å². The number of hydrogen-bond acceptors (Lipinski definition) is 12. The molecule has 0 aromatic heterocycles. The lowest BCUT2D eigenvalue weighted by Gasteiger charge is -2.36. The maximum absolute atomic E-state index is 12.1. The molecule has 0 spiro atoms. The molecule has 0 radical (unpaired) electrons. The number of ether oxygens (including phenoxy) is 3. The predicted octanol–water partition coefficient (Wildman–Crippen LogP) is -2.59. The van der Waals surface area contributed by atoms with Crippen LogP contribution >= 0.6 is 0 Å². The zero-order valence-electron chi connectivity index (χ0n) is 15.4. The minimum atomic E-state index is -1.96. The Balaban J connectivity index is 1.45. The topological polar surface area (TPSA) is 180 Å². The first-order valence-corrected chi connectivity index (χ1v) is 9.21. The SMILES string of the molecule is N#C[C@]1(COC(=O)[C@H]2CCC(=O)O2)O[C@@H](C2CC=C3C(N)=NCNN32)[C@H](O)[C@@H]1O. The molecule has 2 saturated heterocycles. The maximum atomic E-state index is 12.1. The van der Waals surface area contributed by atoms with Crippen molar-refractivity contribution in [3.63, 3.8) is 0 Å². The summed E-state index contributed by atoms with van der Waals surface area (Å²) in [6.07, 6.45) is -2.47. The number of aliphatic imine (C=N–C) groups is 1. The predicted molar refractivity (Wildman–Crippen MR) is 93.3 cm³/mol. The number of aliphatic hydroxyl groups excluding tert-OH is 2. The van der Waals surface area contributed by atoms with Gasteiger partial charge in [0, 0.05) is 12.8 Å². The largest absolute Gasteiger partial charge is 0.459 e. The van der Waals surface area contributed by atoms with Crippen molar-refractivity contribution >= 4 is 17.8 Å². The van der Waals surface area contributed by atoms with Crippen molar-refractivity contribution in [1.82, 2.24) is 10.4 Å². The minimum Gasteiger partial charge on any atom is -0.459 e. The minimum absolute atomic E-state index is 0.107. The third-order valence-corrected chi connectivity index (χ3v) is 5.53. The quantitative estimate of drug-likeness (QED) is 0.359. The Hall–Kier alpha value is -2.72. The Kier molecular flexibility index (Phi) is 4.91. The van der Waals surface area contributed by atoms with E-state index in [1.807, 2.05) is 12.1 Å². The van der Waals surface area contributed by atoms with Gasteiger partial charge in [-0.3, -0.25) is 9.80 Å². The molecule has 2 fully saturated rings. The molecule has 29 heavy (non-hydrogen) atoms. The van der Waals surface area contributed by atoms with Gasteiger partial charge in [0.25, 0.3) is 0 Å². The molecule has 12 heteroatoms. The highest BCUT2D eigenvalue weighted by Crippen LogP contribution is 2.38. The smallest absolute Gasteiger partial charge is 0.347 e. The summed E-state index contributed by atoms with van der Waals surface area (Å²) in [7, 11) is 0. The first-order chi connectivity index (χ1) is 13.9. The molecule has 0 aliphatic carbocycles. The monoisotopic (exact) mass is 407 g/mol. The first kappa shape index (κ1) is 19.6. The number of fused-ring (bicyclic) bond motifs is 1. The Bertz CT molecular complexity index is 823. The zero-order chi connectivity index (χ0) is 20.8. The second kappa shape index (κ2) is 7.27. The average Bonchev–Trinajstić information content (AvgIpc) is 3.40. The molecular weight excluding hydrogens is 386 g/mol. The molecule has 156 valence electrons. The third-order valence-electron chi connectivity index (χ3n) is 5.53. The van der Waals surface area contributed by atoms with E-state index in [4.69, 9.17) is 19.9 Å². The fourth-order valence-electron chi connectivity index (χ4n) is 3.95. The van der Waals surface area contributed by atoms with Crippen molar-refractivity contribution in [3.8, 4) is 6.07 Å². The van der Waals surface area contributed by atoms with Crippen LogP contribution in [-0.2, 0) is 23.8 Å². The van der Waals surface area contributed by atoms with Gasteiger partial charge >= 0.3 is 11.9 Å². The first-order valence-electron chi connectivity index (χ1n) is 9.21. The van der Waals surface area contributed by atoms with Crippen LogP contribution in [0.3, 0.4) is 0 Å². The van der Waals surface area contributed by atoms with Gasteiger partial charge in [0.1, 0.15) is 43.5 Å². The van der Waals surface area contributed by atoms with E-state index in [2.05, 4.69) is 10.4 Å². The van der Waals surface area contributed by atoms with Crippen LogP contribution in [0.5, 0.6) is 0 Å². The number of hydrogen-bond donors (Lipinski definition) is 4. The lowest BCUT2D eigenvalue weighted by molar-refractivity contribution is -0.169. The average molecular weight is 407 g/mol. The van der Waals surface area contributed by atoms with Crippen LogP contribution in [0.4, 0.5) is 0 Å². The van der Waals surface area contributed by atoms with Gasteiger partial charge in [0.15, 0.2) is 6.10 Å². The van der Waals surface area contributed by atoms with Gasteiger partial charge in [-0.25, -0.2) is 15.2 Å². The van der Waals surface area contributed by atoms with Gasteiger partial charge in [0.2, 0.25) is 5.60 Å². The summed E-state index contributed by atoms with van der Waals surface area (Å²) in [6.45, 7) is -0.374. The van der Waals surface area contributed by atoms with E-state index in [0.29, 0.717) is 18.0 Å². The number of carbonyl (C=O) groups excluding carboxylic acids is 2. The number of nitriles is 1. The van der Waals surface area contributed by atoms with Crippen molar-refractivity contribution in [3.05, 3.63) is 11.8 Å². The van der Waals surface area contributed by atoms with Gasteiger partial charge in [0.05, 0.1) is 11.7 Å². The molecule has 0 bridgehead atoms. The molecule has 4 aliphatic heterocycles. The molecule has 4 rings (SSSR count). The summed E-state index contributed by atoms with van der Waals surface area (Å²) in [4.78, 5) is 27.3. The number of hydrazine groups is 1. The molecule has 0 saturated carbocycles. The molecule has 5 N–H and O–H groups in total. The number of cyclic esters (lactones) is 1. The number of nitrogens with zero attached hydrogens (tertiary/aromatic N) is 3. The van der Waals surface area contributed by atoms with Crippen LogP contribution in [0.1, 0.15) is 19.3 Å². The number of nitrogens with two attached hydrogens (primary N) is 1. The summed E-state index contributed by atoms with van der Waals surface area (Å²) in [5, 5.41) is 32.5. The molecule has 12 nitrogen and oxygen atoms in total. The summed E-state index contributed by atoms with van der Waals surface area (Å²) in [6, 6.07) is 1.37. The van der Waals surface area contributed by atoms with Gasteiger partial charge in [-0.1, -0.05) is 6.08 Å². The van der Waals surface area contributed by atoms with Crippen molar-refractivity contribution in [2.45, 2.75) is 55.3 Å². The highest BCUT2D eigenvalue weighted by molar-refractivity contribution is 5.97. The van der Waals surface area contributed by atoms with E-state index in [0.717, 1.165) is 0 Å². The molecule has 0 aromatic rings. The zero-order valence-corrected chi connectivity index (χ0v) is 15.4. The molecule has 0 aromatic carbocycles. The van der Waals surface area contributed by atoms with E-state index in [1.165, 1.54) is 0 Å². The van der Waals surface area contributed by atoms with Crippen molar-refractivity contribution < 1.29 is 34.0 Å². The Morgan fingerprint density at radius 2 is 2.34 bits per heavy atom. The normalized spacial score (nSPS) is 38.7. The summed E-state index contributed by atoms with van der Waals surface area (Å²) in [5.41, 5.74) is 7.57. The van der Waals surface area contributed by atoms with Crippen molar-refractivity contribution in [2.24, 2.45) is 10.7 Å². The van der Waals surface area contributed by atoms with Gasteiger partial charge in [-0.05, 0) is 6.42 Å². The highest BCUT2D eigenvalue weighted by atomic mass is 16.6. The number of amidine groups is 1. The summed E-state index contributed by atoms with van der Waals surface area (Å²) in [5.74, 6) is -0.993. The van der Waals surface area contributed by atoms with Crippen LogP contribution in [0.15, 0.2) is 16.8 Å². The van der Waals surface area contributed by atoms with E-state index in [1.54, 1.807) is 5.01 Å². The number of esters is 2. The van der Waals surface area contributed by atoms with E-state index < -0.39 is 54.6 Å². The van der Waals surface area contributed by atoms with Crippen LogP contribution in [-0.4, -0.2) is 82.3 Å². The van der Waals surface area contributed by atoms with Crippen LogP contribution in [0, 0.1) is 11.3 Å². The van der Waals surface area contributed by atoms with E-state index in [-0.39, 0.29) is 19.5 Å².